The van der Waals surface area contributed by atoms with Gasteiger partial charge in [0, 0.05) is 4.47 Å². The Hall–Kier alpha value is -1.88. The Kier molecular flexibility index (Phi) is 4.39. The SMILES string of the molecule is COc1cccc(OC)c1C(=O)c1ccc(Br)cc1F. The van der Waals surface area contributed by atoms with Crippen LogP contribution in [0.3, 0.4) is 0 Å². The summed E-state index contributed by atoms with van der Waals surface area (Å²) >= 11 is 3.16. The summed E-state index contributed by atoms with van der Waals surface area (Å²) in [6.07, 6.45) is 0. The van der Waals surface area contributed by atoms with Crippen molar-refractivity contribution < 1.29 is 18.7 Å². The van der Waals surface area contributed by atoms with Crippen LogP contribution in [0.4, 0.5) is 4.39 Å². The number of rotatable bonds is 4. The number of ether oxygens (including phenoxy) is 2. The molecule has 0 saturated heterocycles. The van der Waals surface area contributed by atoms with Gasteiger partial charge in [-0.2, -0.15) is 0 Å². The second-order valence-corrected chi connectivity index (χ2v) is 4.91. The summed E-state index contributed by atoms with van der Waals surface area (Å²) in [6, 6.07) is 9.24. The maximum atomic E-state index is 13.9. The lowest BCUT2D eigenvalue weighted by Crippen LogP contribution is -2.08. The van der Waals surface area contributed by atoms with Gasteiger partial charge in [-0.3, -0.25) is 4.79 Å². The highest BCUT2D eigenvalue weighted by molar-refractivity contribution is 9.10. The van der Waals surface area contributed by atoms with E-state index >= 15 is 0 Å². The number of carbonyl (C=O) groups is 1. The van der Waals surface area contributed by atoms with E-state index in [0.29, 0.717) is 16.0 Å². The van der Waals surface area contributed by atoms with Gasteiger partial charge in [0.25, 0.3) is 0 Å². The predicted octanol–water partition coefficient (Wildman–Crippen LogP) is 3.84. The van der Waals surface area contributed by atoms with Crippen LogP contribution in [0.2, 0.25) is 0 Å². The molecule has 0 heterocycles. The molecule has 0 bridgehead atoms. The number of ketones is 1. The molecule has 0 fully saturated rings. The highest BCUT2D eigenvalue weighted by atomic mass is 79.9. The molecule has 2 aromatic rings. The summed E-state index contributed by atoms with van der Waals surface area (Å²) in [5, 5.41) is 0. The van der Waals surface area contributed by atoms with Gasteiger partial charge in [-0.05, 0) is 30.3 Å². The van der Waals surface area contributed by atoms with Gasteiger partial charge in [0.2, 0.25) is 5.78 Å². The van der Waals surface area contributed by atoms with Gasteiger partial charge < -0.3 is 9.47 Å². The largest absolute Gasteiger partial charge is 0.496 e. The molecule has 3 nitrogen and oxygen atoms in total. The van der Waals surface area contributed by atoms with Crippen LogP contribution < -0.4 is 9.47 Å². The van der Waals surface area contributed by atoms with Crippen LogP contribution >= 0.6 is 15.9 Å². The quantitative estimate of drug-likeness (QED) is 0.794. The van der Waals surface area contributed by atoms with Crippen LogP contribution in [0, 0.1) is 5.82 Å². The molecule has 0 radical (unpaired) electrons. The molecule has 0 aliphatic carbocycles. The van der Waals surface area contributed by atoms with Gasteiger partial charge in [-0.1, -0.05) is 22.0 Å². The van der Waals surface area contributed by atoms with Crippen LogP contribution in [0.1, 0.15) is 15.9 Å². The van der Waals surface area contributed by atoms with Crippen molar-refractivity contribution >= 4 is 21.7 Å². The fraction of sp³-hybridized carbons (Fsp3) is 0.133. The van der Waals surface area contributed by atoms with Crippen LogP contribution in [0.5, 0.6) is 11.5 Å². The Morgan fingerprint density at radius 2 is 1.70 bits per heavy atom. The van der Waals surface area contributed by atoms with E-state index in [4.69, 9.17) is 9.47 Å². The van der Waals surface area contributed by atoms with Gasteiger partial charge in [0.1, 0.15) is 22.9 Å². The molecule has 2 aromatic carbocycles. The first-order valence-electron chi connectivity index (χ1n) is 5.79. The zero-order valence-corrected chi connectivity index (χ0v) is 12.5. The molecule has 0 saturated carbocycles. The summed E-state index contributed by atoms with van der Waals surface area (Å²) in [5.74, 6) is -0.394. The van der Waals surface area contributed by atoms with E-state index in [9.17, 15) is 9.18 Å². The lowest BCUT2D eigenvalue weighted by atomic mass is 10.0. The average molecular weight is 339 g/mol. The van der Waals surface area contributed by atoms with E-state index in [1.165, 1.54) is 26.4 Å². The van der Waals surface area contributed by atoms with Crippen LogP contribution in [-0.2, 0) is 0 Å². The third-order valence-corrected chi connectivity index (χ3v) is 3.32. The van der Waals surface area contributed by atoms with E-state index in [2.05, 4.69) is 15.9 Å². The number of benzene rings is 2. The molecule has 0 unspecified atom stereocenters. The molecular formula is C15H12BrFO3. The molecule has 104 valence electrons. The van der Waals surface area contributed by atoms with Gasteiger partial charge in [-0.15, -0.1) is 0 Å². The molecular weight excluding hydrogens is 327 g/mol. The predicted molar refractivity (Wildman–Crippen MR) is 77.1 cm³/mol. The zero-order chi connectivity index (χ0) is 14.7. The lowest BCUT2D eigenvalue weighted by molar-refractivity contribution is 0.102. The van der Waals surface area contributed by atoms with Crippen molar-refractivity contribution in [2.75, 3.05) is 14.2 Å². The minimum atomic E-state index is -0.600. The maximum absolute atomic E-state index is 13.9. The average Bonchev–Trinajstić information content (AvgIpc) is 2.45. The van der Waals surface area contributed by atoms with Crippen molar-refractivity contribution in [2.24, 2.45) is 0 Å². The number of halogens is 2. The summed E-state index contributed by atoms with van der Waals surface area (Å²) in [4.78, 5) is 12.5. The monoisotopic (exact) mass is 338 g/mol. The number of methoxy groups -OCH3 is 2. The van der Waals surface area contributed by atoms with Gasteiger partial charge in [0.15, 0.2) is 0 Å². The molecule has 0 aliphatic heterocycles. The minimum Gasteiger partial charge on any atom is -0.496 e. The molecule has 2 rings (SSSR count). The van der Waals surface area contributed by atoms with Gasteiger partial charge >= 0.3 is 0 Å². The Bertz CT molecular complexity index is 633. The third kappa shape index (κ3) is 2.67. The molecule has 20 heavy (non-hydrogen) atoms. The summed E-state index contributed by atoms with van der Waals surface area (Å²) in [6.45, 7) is 0. The topological polar surface area (TPSA) is 35.5 Å². The smallest absolute Gasteiger partial charge is 0.203 e. The zero-order valence-electron chi connectivity index (χ0n) is 10.9. The van der Waals surface area contributed by atoms with Crippen molar-refractivity contribution in [1.82, 2.24) is 0 Å². The first kappa shape index (κ1) is 14.5. The van der Waals surface area contributed by atoms with E-state index in [1.807, 2.05) is 0 Å². The first-order valence-corrected chi connectivity index (χ1v) is 6.58. The van der Waals surface area contributed by atoms with Crippen LogP contribution in [0.15, 0.2) is 40.9 Å². The molecule has 5 heteroatoms. The molecule has 0 aliphatic rings. The molecule has 0 aromatic heterocycles. The molecule has 0 atom stereocenters. The summed E-state index contributed by atoms with van der Waals surface area (Å²) in [7, 11) is 2.90. The summed E-state index contributed by atoms with van der Waals surface area (Å²) in [5.41, 5.74) is 0.176. The van der Waals surface area contributed by atoms with E-state index in [1.54, 1.807) is 24.3 Å². The van der Waals surface area contributed by atoms with Crippen molar-refractivity contribution in [3.05, 3.63) is 57.8 Å². The van der Waals surface area contributed by atoms with Crippen molar-refractivity contribution in [3.63, 3.8) is 0 Å². The van der Waals surface area contributed by atoms with E-state index in [0.717, 1.165) is 0 Å². The highest BCUT2D eigenvalue weighted by Gasteiger charge is 2.22. The normalized spacial score (nSPS) is 10.2. The molecule has 0 amide bonds. The highest BCUT2D eigenvalue weighted by Crippen LogP contribution is 2.31. The van der Waals surface area contributed by atoms with Crippen LogP contribution in [0.25, 0.3) is 0 Å². The minimum absolute atomic E-state index is 0.0315. The lowest BCUT2D eigenvalue weighted by Gasteiger charge is -2.12. The van der Waals surface area contributed by atoms with Gasteiger partial charge in [0.05, 0.1) is 19.8 Å². The van der Waals surface area contributed by atoms with E-state index < -0.39 is 11.6 Å². The van der Waals surface area contributed by atoms with Crippen LogP contribution in [-0.4, -0.2) is 20.0 Å². The second kappa shape index (κ2) is 6.05. The Morgan fingerprint density at radius 3 is 2.20 bits per heavy atom. The fourth-order valence-electron chi connectivity index (χ4n) is 1.88. The Balaban J connectivity index is 2.58. The fourth-order valence-corrected chi connectivity index (χ4v) is 2.22. The van der Waals surface area contributed by atoms with Gasteiger partial charge in [-0.25, -0.2) is 4.39 Å². The standard InChI is InChI=1S/C15H12BrFO3/c1-19-12-4-3-5-13(20-2)14(12)15(18)10-7-6-9(16)8-11(10)17/h3-8H,1-2H3. The Labute approximate surface area is 124 Å². The first-order chi connectivity index (χ1) is 9.58. The second-order valence-electron chi connectivity index (χ2n) is 3.99. The summed E-state index contributed by atoms with van der Waals surface area (Å²) < 4.78 is 24.8. The number of hydrogen-bond donors (Lipinski definition) is 0. The van der Waals surface area contributed by atoms with E-state index in [-0.39, 0.29) is 11.1 Å². The molecule has 0 spiro atoms. The van der Waals surface area contributed by atoms with Crippen molar-refractivity contribution in [1.29, 1.82) is 0 Å². The van der Waals surface area contributed by atoms with Crippen molar-refractivity contribution in [2.45, 2.75) is 0 Å². The maximum Gasteiger partial charge on any atom is 0.203 e. The number of carbonyl (C=O) groups excluding carboxylic acids is 1. The number of hydrogen-bond acceptors (Lipinski definition) is 3. The third-order valence-electron chi connectivity index (χ3n) is 2.83. The van der Waals surface area contributed by atoms with Crippen molar-refractivity contribution in [3.8, 4) is 11.5 Å². The Morgan fingerprint density at radius 1 is 1.10 bits per heavy atom. The molecule has 0 N–H and O–H groups in total.